The monoisotopic (exact) mass is 329 g/mol. The molecule has 1 saturated carbocycles. The van der Waals surface area contributed by atoms with E-state index < -0.39 is 0 Å². The van der Waals surface area contributed by atoms with Gasteiger partial charge in [0.05, 0.1) is 0 Å². The first-order chi connectivity index (χ1) is 8.49. The minimum atomic E-state index is 0.414. The zero-order chi connectivity index (χ0) is 13.2. The molecule has 0 bridgehead atoms. The molecule has 1 unspecified atom stereocenters. The fourth-order valence-corrected chi connectivity index (χ4v) is 3.59. The molecule has 0 amide bonds. The second kappa shape index (κ2) is 5.94. The van der Waals surface area contributed by atoms with Gasteiger partial charge in [0.15, 0.2) is 0 Å². The molecule has 18 heavy (non-hydrogen) atoms. The lowest BCUT2D eigenvalue weighted by molar-refractivity contribution is 0.166. The molecule has 0 aliphatic heterocycles. The predicted molar refractivity (Wildman–Crippen MR) is 82.0 cm³/mol. The van der Waals surface area contributed by atoms with Gasteiger partial charge in [-0.25, -0.2) is 0 Å². The summed E-state index contributed by atoms with van der Waals surface area (Å²) in [6, 6.07) is 6.63. The first-order valence-electron chi connectivity index (χ1n) is 6.66. The van der Waals surface area contributed by atoms with E-state index in [0.717, 1.165) is 16.0 Å². The van der Waals surface area contributed by atoms with E-state index >= 15 is 0 Å². The van der Waals surface area contributed by atoms with Crippen molar-refractivity contribution in [3.8, 4) is 0 Å². The van der Waals surface area contributed by atoms with E-state index in [1.54, 1.807) is 0 Å². The van der Waals surface area contributed by atoms with Gasteiger partial charge in [-0.15, -0.1) is 0 Å². The van der Waals surface area contributed by atoms with E-state index in [4.69, 9.17) is 11.6 Å². The minimum Gasteiger partial charge on any atom is -0.309 e. The van der Waals surface area contributed by atoms with Crippen molar-refractivity contribution in [3.63, 3.8) is 0 Å². The van der Waals surface area contributed by atoms with Crippen molar-refractivity contribution in [3.05, 3.63) is 33.3 Å². The van der Waals surface area contributed by atoms with E-state index in [9.17, 15) is 0 Å². The normalized spacial score (nSPS) is 23.0. The first-order valence-corrected chi connectivity index (χ1v) is 7.83. The third-order valence-corrected chi connectivity index (χ3v) is 5.03. The summed E-state index contributed by atoms with van der Waals surface area (Å²) in [5, 5.41) is 4.50. The zero-order valence-corrected chi connectivity index (χ0v) is 13.4. The molecular weight excluding hydrogens is 310 g/mol. The highest BCUT2D eigenvalue weighted by Crippen LogP contribution is 2.35. The van der Waals surface area contributed by atoms with Crippen LogP contribution in [0, 0.1) is 5.41 Å². The fraction of sp³-hybridized carbons (Fsp3) is 0.600. The summed E-state index contributed by atoms with van der Waals surface area (Å²) in [6.45, 7) is 5.66. The summed E-state index contributed by atoms with van der Waals surface area (Å²) in [6.07, 6.45) is 5.34. The Morgan fingerprint density at radius 2 is 2.17 bits per heavy atom. The molecule has 0 spiro atoms. The molecule has 1 aromatic carbocycles. The van der Waals surface area contributed by atoms with Crippen LogP contribution in [0.3, 0.4) is 0 Å². The quantitative estimate of drug-likeness (QED) is 0.807. The van der Waals surface area contributed by atoms with Crippen molar-refractivity contribution in [2.45, 2.75) is 52.1 Å². The Bertz CT molecular complexity index is 417. The second-order valence-electron chi connectivity index (χ2n) is 5.90. The number of rotatable bonds is 3. The SMILES string of the molecule is CC1(C)CCCCC1NCc1ccc(Cl)cc1Br. The van der Waals surface area contributed by atoms with Crippen molar-refractivity contribution in [1.82, 2.24) is 5.32 Å². The molecule has 1 fully saturated rings. The van der Waals surface area contributed by atoms with Crippen molar-refractivity contribution in [1.29, 1.82) is 0 Å². The number of benzene rings is 1. The molecule has 1 aliphatic carbocycles. The molecule has 1 aromatic rings. The van der Waals surface area contributed by atoms with Gasteiger partial charge in [0.25, 0.3) is 0 Å². The summed E-state index contributed by atoms with van der Waals surface area (Å²) in [5.74, 6) is 0. The molecule has 2 rings (SSSR count). The van der Waals surface area contributed by atoms with Crippen LogP contribution in [0.2, 0.25) is 5.02 Å². The lowest BCUT2D eigenvalue weighted by Gasteiger charge is -2.39. The van der Waals surface area contributed by atoms with E-state index in [1.807, 2.05) is 12.1 Å². The Balaban J connectivity index is 1.98. The Kier molecular flexibility index (Phi) is 4.74. The van der Waals surface area contributed by atoms with Crippen LogP contribution in [-0.2, 0) is 6.54 Å². The highest BCUT2D eigenvalue weighted by Gasteiger charge is 2.31. The third kappa shape index (κ3) is 3.49. The van der Waals surface area contributed by atoms with Gasteiger partial charge in [0.1, 0.15) is 0 Å². The maximum atomic E-state index is 5.96. The van der Waals surface area contributed by atoms with Crippen LogP contribution in [0.5, 0.6) is 0 Å². The highest BCUT2D eigenvalue weighted by atomic mass is 79.9. The molecule has 1 aliphatic rings. The van der Waals surface area contributed by atoms with E-state index in [0.29, 0.717) is 11.5 Å². The summed E-state index contributed by atoms with van der Waals surface area (Å²) in [5.41, 5.74) is 1.69. The lowest BCUT2D eigenvalue weighted by Crippen LogP contribution is -2.43. The molecule has 0 heterocycles. The third-order valence-electron chi connectivity index (χ3n) is 4.06. The largest absolute Gasteiger partial charge is 0.309 e. The van der Waals surface area contributed by atoms with Crippen molar-refractivity contribution in [2.24, 2.45) is 5.41 Å². The van der Waals surface area contributed by atoms with Gasteiger partial charge >= 0.3 is 0 Å². The van der Waals surface area contributed by atoms with Crippen LogP contribution in [0.4, 0.5) is 0 Å². The summed E-state index contributed by atoms with van der Waals surface area (Å²) in [4.78, 5) is 0. The first kappa shape index (κ1) is 14.4. The smallest absolute Gasteiger partial charge is 0.0417 e. The molecule has 1 nitrogen and oxygen atoms in total. The maximum Gasteiger partial charge on any atom is 0.0417 e. The molecule has 1 N–H and O–H groups in total. The van der Waals surface area contributed by atoms with Gasteiger partial charge in [-0.2, -0.15) is 0 Å². The fourth-order valence-electron chi connectivity index (χ4n) is 2.77. The lowest BCUT2D eigenvalue weighted by atomic mass is 9.73. The number of nitrogens with one attached hydrogen (secondary N) is 1. The van der Waals surface area contributed by atoms with E-state index in [1.165, 1.54) is 31.2 Å². The molecule has 0 saturated heterocycles. The van der Waals surface area contributed by atoms with E-state index in [2.05, 4.69) is 41.2 Å². The molecule has 100 valence electrons. The van der Waals surface area contributed by atoms with Gasteiger partial charge in [0.2, 0.25) is 0 Å². The van der Waals surface area contributed by atoms with Gasteiger partial charge < -0.3 is 5.32 Å². The summed E-state index contributed by atoms with van der Waals surface area (Å²) in [7, 11) is 0. The van der Waals surface area contributed by atoms with Gasteiger partial charge in [-0.05, 0) is 36.0 Å². The van der Waals surface area contributed by atoms with Gasteiger partial charge in [-0.1, -0.05) is 60.3 Å². The van der Waals surface area contributed by atoms with Crippen molar-refractivity contribution in [2.75, 3.05) is 0 Å². The molecule has 3 heteroatoms. The van der Waals surface area contributed by atoms with Crippen molar-refractivity contribution < 1.29 is 0 Å². The number of hydrogen-bond donors (Lipinski definition) is 1. The standard InChI is InChI=1S/C15H21BrClN/c1-15(2)8-4-3-5-14(15)18-10-11-6-7-12(17)9-13(11)16/h6-7,9,14,18H,3-5,8,10H2,1-2H3. The topological polar surface area (TPSA) is 12.0 Å². The average molecular weight is 331 g/mol. The van der Waals surface area contributed by atoms with E-state index in [-0.39, 0.29) is 0 Å². The minimum absolute atomic E-state index is 0.414. The van der Waals surface area contributed by atoms with Crippen LogP contribution in [0.25, 0.3) is 0 Å². The maximum absolute atomic E-state index is 5.96. The van der Waals surface area contributed by atoms with Crippen molar-refractivity contribution >= 4 is 27.5 Å². The van der Waals surface area contributed by atoms with Gasteiger partial charge in [-0.3, -0.25) is 0 Å². The average Bonchev–Trinajstić information content (AvgIpc) is 2.29. The van der Waals surface area contributed by atoms with Crippen LogP contribution in [-0.4, -0.2) is 6.04 Å². The van der Waals surface area contributed by atoms with Crippen LogP contribution in [0.15, 0.2) is 22.7 Å². The molecular formula is C15H21BrClN. The Hall–Kier alpha value is -0.0500. The predicted octanol–water partition coefficient (Wildman–Crippen LogP) is 5.16. The molecule has 0 radical (unpaired) electrons. The Morgan fingerprint density at radius 1 is 1.39 bits per heavy atom. The summed E-state index contributed by atoms with van der Waals surface area (Å²) >= 11 is 9.54. The van der Waals surface area contributed by atoms with Gasteiger partial charge in [0, 0.05) is 22.1 Å². The summed E-state index contributed by atoms with van der Waals surface area (Å²) < 4.78 is 1.09. The number of halogens is 2. The molecule has 1 atom stereocenters. The second-order valence-corrected chi connectivity index (χ2v) is 7.19. The Labute approximate surface area is 123 Å². The highest BCUT2D eigenvalue weighted by molar-refractivity contribution is 9.10. The number of hydrogen-bond acceptors (Lipinski definition) is 1. The Morgan fingerprint density at radius 3 is 2.83 bits per heavy atom. The van der Waals surface area contributed by atoms with Crippen LogP contribution < -0.4 is 5.32 Å². The molecule has 0 aromatic heterocycles. The van der Waals surface area contributed by atoms with Crippen LogP contribution in [0.1, 0.15) is 45.1 Å². The van der Waals surface area contributed by atoms with Crippen LogP contribution >= 0.6 is 27.5 Å². The zero-order valence-electron chi connectivity index (χ0n) is 11.1.